The van der Waals surface area contributed by atoms with Crippen molar-refractivity contribution in [1.29, 1.82) is 0 Å². The van der Waals surface area contributed by atoms with Gasteiger partial charge in [0.05, 0.1) is 0 Å². The van der Waals surface area contributed by atoms with Crippen molar-refractivity contribution in [1.82, 2.24) is 0 Å². The van der Waals surface area contributed by atoms with Crippen LogP contribution in [0.15, 0.2) is 146 Å². The van der Waals surface area contributed by atoms with Gasteiger partial charge in [0.25, 0.3) is 0 Å². The van der Waals surface area contributed by atoms with Crippen LogP contribution < -0.4 is 9.80 Å². The Bertz CT molecular complexity index is 1330. The van der Waals surface area contributed by atoms with Crippen molar-refractivity contribution < 1.29 is 0 Å². The van der Waals surface area contributed by atoms with Crippen molar-refractivity contribution in [3.05, 3.63) is 146 Å². The van der Waals surface area contributed by atoms with Gasteiger partial charge in [-0.3, -0.25) is 0 Å². The molecule has 2 aromatic heterocycles. The van der Waals surface area contributed by atoms with Gasteiger partial charge in [-0.2, -0.15) is 0 Å². The molecule has 0 radical (unpaired) electrons. The van der Waals surface area contributed by atoms with Crippen LogP contribution in [0, 0.1) is 0 Å². The lowest BCUT2D eigenvalue weighted by Gasteiger charge is -2.23. The molecule has 0 atom stereocenters. The molecule has 0 N–H and O–H groups in total. The fraction of sp³-hybridized carbons (Fsp3) is 0. The maximum Gasteiger partial charge on any atom is 0.101 e. The van der Waals surface area contributed by atoms with E-state index in [0.717, 1.165) is 22.7 Å². The lowest BCUT2D eigenvalue weighted by molar-refractivity contribution is 1.32. The Labute approximate surface area is 220 Å². The van der Waals surface area contributed by atoms with Crippen LogP contribution in [0.5, 0.6) is 0 Å². The molecule has 6 aromatic rings. The minimum absolute atomic E-state index is 1.16. The highest BCUT2D eigenvalue weighted by Crippen LogP contribution is 2.46. The summed E-state index contributed by atoms with van der Waals surface area (Å²) in [5.74, 6) is 0. The van der Waals surface area contributed by atoms with Crippen molar-refractivity contribution in [3.8, 4) is 9.75 Å². The van der Waals surface area contributed by atoms with Crippen molar-refractivity contribution in [2.24, 2.45) is 0 Å². The summed E-state index contributed by atoms with van der Waals surface area (Å²) < 4.78 is 0. The van der Waals surface area contributed by atoms with Gasteiger partial charge in [-0.25, -0.2) is 0 Å². The molecule has 6 rings (SSSR count). The molecule has 2 nitrogen and oxygen atoms in total. The first-order valence-electron chi connectivity index (χ1n) is 11.9. The largest absolute Gasteiger partial charge is 0.302 e. The van der Waals surface area contributed by atoms with Crippen molar-refractivity contribution in [2.45, 2.75) is 0 Å². The van der Waals surface area contributed by atoms with Crippen LogP contribution in [0.4, 0.5) is 32.8 Å². The SMILES string of the molecule is c1ccc(N(c2ccccc2)c2ccc(-c3ccc(N(c4ccccc4)c4ccccc4)s3)s2)cc1. The average molecular weight is 501 g/mol. The minimum Gasteiger partial charge on any atom is -0.302 e. The van der Waals surface area contributed by atoms with E-state index < -0.39 is 0 Å². The maximum atomic E-state index is 2.32. The van der Waals surface area contributed by atoms with E-state index in [2.05, 4.69) is 155 Å². The zero-order chi connectivity index (χ0) is 24.2. The molecule has 0 unspecified atom stereocenters. The van der Waals surface area contributed by atoms with E-state index in [0.29, 0.717) is 0 Å². The Kier molecular flexibility index (Phi) is 6.36. The van der Waals surface area contributed by atoms with Gasteiger partial charge in [0, 0.05) is 32.5 Å². The molecule has 0 aliphatic rings. The van der Waals surface area contributed by atoms with Crippen LogP contribution in [0.2, 0.25) is 0 Å². The predicted octanol–water partition coefficient (Wildman–Crippen LogP) is 10.4. The Morgan fingerprint density at radius 1 is 0.306 bits per heavy atom. The van der Waals surface area contributed by atoms with Crippen molar-refractivity contribution in [2.75, 3.05) is 9.80 Å². The molecule has 36 heavy (non-hydrogen) atoms. The summed E-state index contributed by atoms with van der Waals surface area (Å²) in [4.78, 5) is 7.17. The molecule has 2 heterocycles. The van der Waals surface area contributed by atoms with E-state index in [9.17, 15) is 0 Å². The average Bonchev–Trinajstić information content (AvgIpc) is 3.62. The van der Waals surface area contributed by atoms with Crippen LogP contribution in [0.3, 0.4) is 0 Å². The standard InChI is InChI=1S/C32H24N2S2/c1-5-13-25(14-6-1)33(26-15-7-2-8-16-26)31-23-21-29(35-31)30-22-24-32(36-30)34(27-17-9-3-10-18-27)28-19-11-4-12-20-28/h1-24H. The summed E-state index contributed by atoms with van der Waals surface area (Å²) >= 11 is 3.64. The fourth-order valence-corrected chi connectivity index (χ4v) is 6.46. The Balaban J connectivity index is 1.37. The second-order valence-electron chi connectivity index (χ2n) is 8.29. The van der Waals surface area contributed by atoms with E-state index in [1.54, 1.807) is 0 Å². The number of para-hydroxylation sites is 4. The molecule has 0 saturated heterocycles. The molecule has 0 aliphatic heterocycles. The monoisotopic (exact) mass is 500 g/mol. The quantitative estimate of drug-likeness (QED) is 0.215. The molecule has 0 amide bonds. The number of hydrogen-bond donors (Lipinski definition) is 0. The second kappa shape index (κ2) is 10.2. The topological polar surface area (TPSA) is 6.48 Å². The van der Waals surface area contributed by atoms with Gasteiger partial charge in [0.2, 0.25) is 0 Å². The number of nitrogens with zero attached hydrogens (tertiary/aromatic N) is 2. The highest BCUT2D eigenvalue weighted by Gasteiger charge is 2.18. The number of anilines is 6. The molecule has 4 heteroatoms. The molecular weight excluding hydrogens is 477 g/mol. The van der Waals surface area contributed by atoms with E-state index in [1.165, 1.54) is 19.8 Å². The van der Waals surface area contributed by atoms with Crippen molar-refractivity contribution in [3.63, 3.8) is 0 Å². The van der Waals surface area contributed by atoms with E-state index in [1.807, 2.05) is 22.7 Å². The minimum atomic E-state index is 1.16. The Morgan fingerprint density at radius 2 is 0.583 bits per heavy atom. The molecule has 0 aliphatic carbocycles. The van der Waals surface area contributed by atoms with Gasteiger partial charge in [0.1, 0.15) is 10.0 Å². The van der Waals surface area contributed by atoms with Gasteiger partial charge in [-0.15, -0.1) is 22.7 Å². The smallest absolute Gasteiger partial charge is 0.101 e. The van der Waals surface area contributed by atoms with E-state index in [4.69, 9.17) is 0 Å². The number of benzene rings is 4. The summed E-state index contributed by atoms with van der Waals surface area (Å²) in [6.07, 6.45) is 0. The lowest BCUT2D eigenvalue weighted by atomic mass is 10.2. The second-order valence-corrected chi connectivity index (χ2v) is 10.4. The third-order valence-electron chi connectivity index (χ3n) is 5.92. The van der Waals surface area contributed by atoms with Gasteiger partial charge < -0.3 is 9.80 Å². The first-order valence-corrected chi connectivity index (χ1v) is 13.5. The highest BCUT2D eigenvalue weighted by atomic mass is 32.1. The summed E-state index contributed by atoms with van der Waals surface area (Å²) in [7, 11) is 0. The Morgan fingerprint density at radius 3 is 0.861 bits per heavy atom. The molecule has 0 spiro atoms. The first-order chi connectivity index (χ1) is 17.9. The molecule has 174 valence electrons. The van der Waals surface area contributed by atoms with E-state index >= 15 is 0 Å². The molecule has 0 bridgehead atoms. The third kappa shape index (κ3) is 4.57. The van der Waals surface area contributed by atoms with Gasteiger partial charge in [-0.1, -0.05) is 72.8 Å². The van der Waals surface area contributed by atoms with Crippen molar-refractivity contribution >= 4 is 55.4 Å². The zero-order valence-electron chi connectivity index (χ0n) is 19.6. The van der Waals surface area contributed by atoms with Crippen LogP contribution in [-0.2, 0) is 0 Å². The van der Waals surface area contributed by atoms with Gasteiger partial charge in [-0.05, 0) is 72.8 Å². The van der Waals surface area contributed by atoms with Crippen LogP contribution in [0.25, 0.3) is 9.75 Å². The lowest BCUT2D eigenvalue weighted by Crippen LogP contribution is -2.07. The Hall–Kier alpha value is -4.12. The summed E-state index contributed by atoms with van der Waals surface area (Å²) in [5, 5.41) is 2.39. The molecular formula is C32H24N2S2. The zero-order valence-corrected chi connectivity index (χ0v) is 21.2. The number of rotatable bonds is 7. The predicted molar refractivity (Wildman–Crippen MR) is 157 cm³/mol. The summed E-state index contributed by atoms with van der Waals surface area (Å²) in [6.45, 7) is 0. The normalized spacial score (nSPS) is 10.8. The first kappa shape index (κ1) is 22.4. The van der Waals surface area contributed by atoms with Gasteiger partial charge in [0.15, 0.2) is 0 Å². The molecule has 0 saturated carbocycles. The van der Waals surface area contributed by atoms with Crippen LogP contribution in [0.1, 0.15) is 0 Å². The van der Waals surface area contributed by atoms with Crippen LogP contribution >= 0.6 is 22.7 Å². The molecule has 4 aromatic carbocycles. The summed E-state index contributed by atoms with van der Waals surface area (Å²) in [5.41, 5.74) is 4.62. The van der Waals surface area contributed by atoms with Crippen LogP contribution in [-0.4, -0.2) is 0 Å². The number of hydrogen-bond acceptors (Lipinski definition) is 4. The van der Waals surface area contributed by atoms with E-state index in [-0.39, 0.29) is 0 Å². The highest BCUT2D eigenvalue weighted by molar-refractivity contribution is 7.25. The molecule has 0 fully saturated rings. The van der Waals surface area contributed by atoms with Gasteiger partial charge >= 0.3 is 0 Å². The third-order valence-corrected chi connectivity index (χ3v) is 8.26. The fourth-order valence-electron chi connectivity index (χ4n) is 4.28. The number of thiophene rings is 2. The maximum absolute atomic E-state index is 2.32. The summed E-state index contributed by atoms with van der Waals surface area (Å²) in [6, 6.07) is 51.2.